The van der Waals surface area contributed by atoms with Crippen LogP contribution in [0.15, 0.2) is 41.4 Å². The number of carbonyl (C=O) groups excluding carboxylic acids is 1. The van der Waals surface area contributed by atoms with Gasteiger partial charge in [-0.3, -0.25) is 9.79 Å². The van der Waals surface area contributed by atoms with Gasteiger partial charge in [0.05, 0.1) is 19.9 Å². The lowest BCUT2D eigenvalue weighted by Crippen LogP contribution is -2.20. The third-order valence-electron chi connectivity index (χ3n) is 4.18. The van der Waals surface area contributed by atoms with Gasteiger partial charge >= 0.3 is 0 Å². The fraction of sp³-hybridized carbons (Fsp3) is 0.263. The first-order valence-electron chi connectivity index (χ1n) is 7.97. The van der Waals surface area contributed by atoms with Crippen molar-refractivity contribution < 1.29 is 14.3 Å². The number of hydrogen-bond acceptors (Lipinski definition) is 4. The molecule has 130 valence electrons. The Balaban J connectivity index is 2.05. The molecule has 0 bridgehead atoms. The number of ether oxygens (including phenoxy) is 2. The largest absolute Gasteiger partial charge is 0.493 e. The van der Waals surface area contributed by atoms with Crippen LogP contribution >= 0.6 is 22.6 Å². The molecular weight excluding hydrogens is 431 g/mol. The van der Waals surface area contributed by atoms with Crippen LogP contribution in [0.4, 0.5) is 11.4 Å². The Morgan fingerprint density at radius 2 is 1.80 bits per heavy atom. The molecule has 2 aromatic carbocycles. The van der Waals surface area contributed by atoms with Crippen LogP contribution in [0, 0.1) is 3.57 Å². The van der Waals surface area contributed by atoms with Gasteiger partial charge < -0.3 is 14.8 Å². The van der Waals surface area contributed by atoms with E-state index >= 15 is 0 Å². The van der Waals surface area contributed by atoms with Gasteiger partial charge in [0.2, 0.25) is 5.91 Å². The van der Waals surface area contributed by atoms with E-state index < -0.39 is 5.92 Å². The van der Waals surface area contributed by atoms with Crippen LogP contribution in [0.5, 0.6) is 11.5 Å². The van der Waals surface area contributed by atoms with E-state index in [-0.39, 0.29) is 5.91 Å². The molecule has 0 aromatic heterocycles. The van der Waals surface area contributed by atoms with Crippen LogP contribution in [-0.2, 0) is 4.79 Å². The molecule has 0 radical (unpaired) electrons. The Morgan fingerprint density at radius 3 is 2.40 bits per heavy atom. The number of methoxy groups -OCH3 is 2. The van der Waals surface area contributed by atoms with Gasteiger partial charge in [0, 0.05) is 21.0 Å². The van der Waals surface area contributed by atoms with E-state index in [9.17, 15) is 4.79 Å². The molecule has 1 N–H and O–H groups in total. The molecule has 5 nitrogen and oxygen atoms in total. The van der Waals surface area contributed by atoms with E-state index in [1.165, 1.54) is 0 Å². The highest BCUT2D eigenvalue weighted by molar-refractivity contribution is 14.1. The second kappa shape index (κ2) is 7.43. The first kappa shape index (κ1) is 17.7. The van der Waals surface area contributed by atoms with Crippen molar-refractivity contribution in [3.05, 3.63) is 45.5 Å². The van der Waals surface area contributed by atoms with E-state index in [0.29, 0.717) is 17.9 Å². The fourth-order valence-corrected chi connectivity index (χ4v) is 3.31. The first-order valence-corrected chi connectivity index (χ1v) is 9.05. The Morgan fingerprint density at radius 1 is 1.16 bits per heavy atom. The lowest BCUT2D eigenvalue weighted by Gasteiger charge is -2.14. The number of anilines is 1. The minimum absolute atomic E-state index is 0.0728. The average Bonchev–Trinajstić information content (AvgIpc) is 2.94. The number of fused-ring (bicyclic) bond motifs is 1. The van der Waals surface area contributed by atoms with Gasteiger partial charge in [0.25, 0.3) is 0 Å². The van der Waals surface area contributed by atoms with Crippen molar-refractivity contribution in [2.75, 3.05) is 19.5 Å². The number of amides is 1. The van der Waals surface area contributed by atoms with E-state index in [1.807, 2.05) is 37.3 Å². The summed E-state index contributed by atoms with van der Waals surface area (Å²) >= 11 is 2.26. The molecule has 1 aliphatic heterocycles. The van der Waals surface area contributed by atoms with Gasteiger partial charge in [-0.05, 0) is 64.9 Å². The predicted octanol–water partition coefficient (Wildman–Crippen LogP) is 4.53. The standard InChI is InChI=1S/C19H19IN2O3/c1-4-14(21-12-7-5-11(20)6-8-12)18-13-9-16(24-2)17(25-3)10-15(13)22-19(18)23/h5-10,18H,4H2,1-3H3,(H,22,23). The van der Waals surface area contributed by atoms with Crippen LogP contribution in [0.1, 0.15) is 24.8 Å². The Bertz CT molecular complexity index is 831. The quantitative estimate of drug-likeness (QED) is 0.538. The van der Waals surface area contributed by atoms with Gasteiger partial charge in [-0.15, -0.1) is 0 Å². The summed E-state index contributed by atoms with van der Waals surface area (Å²) in [5, 5.41) is 2.93. The monoisotopic (exact) mass is 450 g/mol. The summed E-state index contributed by atoms with van der Waals surface area (Å²) in [5.41, 5.74) is 3.29. The third-order valence-corrected chi connectivity index (χ3v) is 4.90. The van der Waals surface area contributed by atoms with E-state index in [4.69, 9.17) is 14.5 Å². The highest BCUT2D eigenvalue weighted by Gasteiger charge is 2.35. The van der Waals surface area contributed by atoms with Crippen molar-refractivity contribution in [3.63, 3.8) is 0 Å². The van der Waals surface area contributed by atoms with Crippen molar-refractivity contribution in [1.29, 1.82) is 0 Å². The highest BCUT2D eigenvalue weighted by Crippen LogP contribution is 2.42. The van der Waals surface area contributed by atoms with Crippen LogP contribution in [-0.4, -0.2) is 25.8 Å². The first-order chi connectivity index (χ1) is 12.1. The number of benzene rings is 2. The molecule has 0 saturated carbocycles. The predicted molar refractivity (Wildman–Crippen MR) is 107 cm³/mol. The lowest BCUT2D eigenvalue weighted by molar-refractivity contribution is -0.115. The van der Waals surface area contributed by atoms with E-state index in [1.54, 1.807) is 20.3 Å². The molecule has 0 saturated heterocycles. The van der Waals surface area contributed by atoms with Crippen LogP contribution in [0.25, 0.3) is 0 Å². The molecular formula is C19H19IN2O3. The lowest BCUT2D eigenvalue weighted by atomic mass is 9.93. The normalized spacial score (nSPS) is 16.4. The zero-order chi connectivity index (χ0) is 18.0. The maximum absolute atomic E-state index is 12.6. The van der Waals surface area contributed by atoms with Gasteiger partial charge in [-0.25, -0.2) is 0 Å². The van der Waals surface area contributed by atoms with Crippen molar-refractivity contribution in [1.82, 2.24) is 0 Å². The Kier molecular flexibility index (Phi) is 5.27. The van der Waals surface area contributed by atoms with Crippen molar-refractivity contribution in [3.8, 4) is 11.5 Å². The molecule has 25 heavy (non-hydrogen) atoms. The smallest absolute Gasteiger partial charge is 0.237 e. The van der Waals surface area contributed by atoms with Crippen LogP contribution in [0.3, 0.4) is 0 Å². The van der Waals surface area contributed by atoms with E-state index in [2.05, 4.69) is 27.9 Å². The van der Waals surface area contributed by atoms with E-state index in [0.717, 1.165) is 26.2 Å². The molecule has 2 aromatic rings. The zero-order valence-electron chi connectivity index (χ0n) is 14.3. The molecule has 3 rings (SSSR count). The number of nitrogens with zero attached hydrogens (tertiary/aromatic N) is 1. The third kappa shape index (κ3) is 3.49. The summed E-state index contributed by atoms with van der Waals surface area (Å²) in [6.07, 6.45) is 0.678. The molecule has 6 heteroatoms. The highest BCUT2D eigenvalue weighted by atomic mass is 127. The maximum atomic E-state index is 12.6. The number of carbonyl (C=O) groups is 1. The molecule has 1 unspecified atom stereocenters. The summed E-state index contributed by atoms with van der Waals surface area (Å²) in [6, 6.07) is 11.6. The van der Waals surface area contributed by atoms with Crippen molar-refractivity contribution in [2.45, 2.75) is 19.3 Å². The summed E-state index contributed by atoms with van der Waals surface area (Å²) in [6.45, 7) is 2.01. The maximum Gasteiger partial charge on any atom is 0.237 e. The average molecular weight is 450 g/mol. The molecule has 1 heterocycles. The summed E-state index contributed by atoms with van der Waals surface area (Å²) in [5.74, 6) is 0.706. The van der Waals surface area contributed by atoms with Gasteiger partial charge in [-0.2, -0.15) is 0 Å². The second-order valence-corrected chi connectivity index (χ2v) is 6.90. The zero-order valence-corrected chi connectivity index (χ0v) is 16.5. The minimum atomic E-state index is -0.418. The number of aliphatic imine (C=N–C) groups is 1. The number of halogens is 1. The van der Waals surface area contributed by atoms with Gasteiger partial charge in [-0.1, -0.05) is 6.92 Å². The summed E-state index contributed by atoms with van der Waals surface area (Å²) in [7, 11) is 3.16. The van der Waals surface area contributed by atoms with Gasteiger partial charge in [0.1, 0.15) is 5.92 Å². The van der Waals surface area contributed by atoms with Crippen molar-refractivity contribution in [2.24, 2.45) is 4.99 Å². The SMILES string of the molecule is CCC(=Nc1ccc(I)cc1)C1C(=O)Nc2cc(OC)c(OC)cc21. The number of nitrogens with one attached hydrogen (secondary N) is 1. The number of hydrogen-bond donors (Lipinski definition) is 1. The van der Waals surface area contributed by atoms with Crippen LogP contribution < -0.4 is 14.8 Å². The Hall–Kier alpha value is -2.09. The Labute approximate surface area is 160 Å². The van der Waals surface area contributed by atoms with Gasteiger partial charge in [0.15, 0.2) is 11.5 Å². The van der Waals surface area contributed by atoms with Crippen LogP contribution in [0.2, 0.25) is 0 Å². The molecule has 0 spiro atoms. The topological polar surface area (TPSA) is 59.9 Å². The molecule has 1 amide bonds. The minimum Gasteiger partial charge on any atom is -0.493 e. The molecule has 0 fully saturated rings. The second-order valence-electron chi connectivity index (χ2n) is 5.65. The molecule has 0 aliphatic carbocycles. The summed E-state index contributed by atoms with van der Waals surface area (Å²) < 4.78 is 11.9. The molecule has 1 atom stereocenters. The van der Waals surface area contributed by atoms with Crippen molar-refractivity contribution >= 4 is 45.6 Å². The molecule has 1 aliphatic rings. The fourth-order valence-electron chi connectivity index (χ4n) is 2.95. The summed E-state index contributed by atoms with van der Waals surface area (Å²) in [4.78, 5) is 17.3. The number of rotatable bonds is 5.